The molecule has 2 aromatic rings. The number of hydrogen-bond acceptors (Lipinski definition) is 9. The first kappa shape index (κ1) is 21.7. The standard InChI is InChI=1S/C18H21N2O7P/c19-15(17(21)24-11-13-7-3-1-4-8-13)26-28(23)27-16(20)18(22)25-12-14-9-5-2-6-10-14/h1-10,15-16,28H,11-12,19-20H2. The summed E-state index contributed by atoms with van der Waals surface area (Å²) < 4.78 is 31.1. The van der Waals surface area contributed by atoms with Crippen molar-refractivity contribution < 1.29 is 32.7 Å². The Kier molecular flexibility index (Phi) is 8.80. The molecule has 28 heavy (non-hydrogen) atoms. The van der Waals surface area contributed by atoms with E-state index in [0.29, 0.717) is 0 Å². The van der Waals surface area contributed by atoms with Gasteiger partial charge in [0.25, 0.3) is 0 Å². The average molecular weight is 408 g/mol. The second-order valence-electron chi connectivity index (χ2n) is 5.51. The Morgan fingerprint density at radius 2 is 1.11 bits per heavy atom. The molecule has 0 aromatic heterocycles. The lowest BCUT2D eigenvalue weighted by Gasteiger charge is -2.15. The molecule has 2 rings (SSSR count). The molecule has 0 saturated heterocycles. The molecule has 9 nitrogen and oxygen atoms in total. The summed E-state index contributed by atoms with van der Waals surface area (Å²) in [6.45, 7) is -0.0479. The van der Waals surface area contributed by atoms with Crippen LogP contribution >= 0.6 is 8.25 Å². The normalized spacial score (nSPS) is 13.9. The Morgan fingerprint density at radius 1 is 0.750 bits per heavy atom. The maximum absolute atomic E-state index is 11.8. The van der Waals surface area contributed by atoms with E-state index in [9.17, 15) is 14.2 Å². The fraction of sp³-hybridized carbons (Fsp3) is 0.222. The molecule has 0 fully saturated rings. The Morgan fingerprint density at radius 3 is 1.46 bits per heavy atom. The highest BCUT2D eigenvalue weighted by molar-refractivity contribution is 7.33. The predicted octanol–water partition coefficient (Wildman–Crippen LogP) is 1.47. The van der Waals surface area contributed by atoms with Gasteiger partial charge in [0.1, 0.15) is 13.2 Å². The SMILES string of the molecule is NC(O[PH](=O)OC(N)C(=O)OCc1ccccc1)C(=O)OCc1ccccc1. The van der Waals surface area contributed by atoms with Gasteiger partial charge in [0, 0.05) is 0 Å². The number of nitrogens with two attached hydrogens (primary N) is 2. The fourth-order valence-corrected chi connectivity index (χ4v) is 2.62. The zero-order chi connectivity index (χ0) is 20.4. The van der Waals surface area contributed by atoms with E-state index >= 15 is 0 Å². The summed E-state index contributed by atoms with van der Waals surface area (Å²) in [5, 5.41) is 0. The maximum atomic E-state index is 11.8. The molecule has 2 unspecified atom stereocenters. The van der Waals surface area contributed by atoms with Crippen LogP contribution in [0.5, 0.6) is 0 Å². The molecule has 0 aliphatic carbocycles. The van der Waals surface area contributed by atoms with Gasteiger partial charge in [-0.1, -0.05) is 60.7 Å². The van der Waals surface area contributed by atoms with Crippen molar-refractivity contribution in [2.45, 2.75) is 25.7 Å². The van der Waals surface area contributed by atoms with Crippen molar-refractivity contribution in [1.29, 1.82) is 0 Å². The third kappa shape index (κ3) is 7.59. The molecule has 0 spiro atoms. The lowest BCUT2D eigenvalue weighted by molar-refractivity contribution is -0.154. The minimum Gasteiger partial charge on any atom is -0.458 e. The number of carbonyl (C=O) groups is 2. The number of ether oxygens (including phenoxy) is 2. The van der Waals surface area contributed by atoms with Crippen LogP contribution in [0.3, 0.4) is 0 Å². The van der Waals surface area contributed by atoms with Crippen molar-refractivity contribution in [2.75, 3.05) is 0 Å². The van der Waals surface area contributed by atoms with Crippen molar-refractivity contribution >= 4 is 20.2 Å². The Hall–Kier alpha value is -2.55. The van der Waals surface area contributed by atoms with Crippen molar-refractivity contribution in [2.24, 2.45) is 11.5 Å². The lowest BCUT2D eigenvalue weighted by atomic mass is 10.2. The van der Waals surface area contributed by atoms with Crippen LogP contribution in [0.1, 0.15) is 11.1 Å². The minimum absolute atomic E-state index is 0.0240. The molecular weight excluding hydrogens is 387 g/mol. The number of esters is 2. The van der Waals surface area contributed by atoms with Crippen molar-refractivity contribution in [1.82, 2.24) is 0 Å². The first-order valence-electron chi connectivity index (χ1n) is 8.25. The highest BCUT2D eigenvalue weighted by Crippen LogP contribution is 2.26. The van der Waals surface area contributed by atoms with E-state index in [1.807, 2.05) is 12.1 Å². The van der Waals surface area contributed by atoms with Crippen molar-refractivity contribution in [3.05, 3.63) is 71.8 Å². The van der Waals surface area contributed by atoms with Gasteiger partial charge in [-0.15, -0.1) is 0 Å². The Balaban J connectivity index is 1.70. The second-order valence-corrected chi connectivity index (χ2v) is 6.48. The Labute approximate surface area is 162 Å². The lowest BCUT2D eigenvalue weighted by Crippen LogP contribution is -2.36. The molecule has 4 N–H and O–H groups in total. The monoisotopic (exact) mass is 408 g/mol. The van der Waals surface area contributed by atoms with Gasteiger partial charge in [-0.25, -0.2) is 9.59 Å². The van der Waals surface area contributed by atoms with Gasteiger partial charge in [-0.05, 0) is 11.1 Å². The first-order chi connectivity index (χ1) is 13.5. The number of rotatable bonds is 10. The molecule has 0 radical (unpaired) electrons. The molecule has 0 aliphatic heterocycles. The van der Waals surface area contributed by atoms with E-state index in [2.05, 4.69) is 0 Å². The fourth-order valence-electron chi connectivity index (χ4n) is 1.95. The van der Waals surface area contributed by atoms with Crippen LogP contribution in [0.4, 0.5) is 0 Å². The molecule has 0 heterocycles. The molecule has 0 bridgehead atoms. The van der Waals surface area contributed by atoms with E-state index in [-0.39, 0.29) is 13.2 Å². The summed E-state index contributed by atoms with van der Waals surface area (Å²) in [7, 11) is -3.34. The molecule has 2 aromatic carbocycles. The van der Waals surface area contributed by atoms with Gasteiger partial charge in [-0.2, -0.15) is 0 Å². The molecular formula is C18H21N2O7P. The highest BCUT2D eigenvalue weighted by Gasteiger charge is 2.23. The first-order valence-corrected chi connectivity index (χ1v) is 9.47. The van der Waals surface area contributed by atoms with Crippen LogP contribution < -0.4 is 11.5 Å². The maximum Gasteiger partial charge on any atom is 0.351 e. The molecule has 0 aliphatic rings. The van der Waals surface area contributed by atoms with Gasteiger partial charge in [0.2, 0.25) is 12.5 Å². The molecule has 0 saturated carbocycles. The predicted molar refractivity (Wildman–Crippen MR) is 99.6 cm³/mol. The number of hydrogen-bond donors (Lipinski definition) is 2. The van der Waals surface area contributed by atoms with Crippen molar-refractivity contribution in [3.8, 4) is 0 Å². The zero-order valence-electron chi connectivity index (χ0n) is 14.9. The third-order valence-electron chi connectivity index (χ3n) is 3.36. The number of carbonyl (C=O) groups excluding carboxylic acids is 2. The van der Waals surface area contributed by atoms with E-state index in [4.69, 9.17) is 30.0 Å². The zero-order valence-corrected chi connectivity index (χ0v) is 15.9. The van der Waals surface area contributed by atoms with E-state index in [0.717, 1.165) is 11.1 Å². The second kappa shape index (κ2) is 11.3. The summed E-state index contributed by atoms with van der Waals surface area (Å²) in [4.78, 5) is 23.5. The van der Waals surface area contributed by atoms with Crippen LogP contribution in [0.2, 0.25) is 0 Å². The smallest absolute Gasteiger partial charge is 0.351 e. The van der Waals surface area contributed by atoms with Gasteiger partial charge < -0.3 is 9.47 Å². The van der Waals surface area contributed by atoms with Crippen LogP contribution in [-0.2, 0) is 45.9 Å². The topological polar surface area (TPSA) is 140 Å². The van der Waals surface area contributed by atoms with E-state index in [1.165, 1.54) is 0 Å². The van der Waals surface area contributed by atoms with Gasteiger partial charge in [0.05, 0.1) is 0 Å². The van der Waals surface area contributed by atoms with Gasteiger partial charge in [-0.3, -0.25) is 25.1 Å². The largest absolute Gasteiger partial charge is 0.458 e. The minimum atomic E-state index is -3.34. The van der Waals surface area contributed by atoms with Crippen LogP contribution in [0.25, 0.3) is 0 Å². The highest BCUT2D eigenvalue weighted by atomic mass is 31.1. The van der Waals surface area contributed by atoms with Crippen LogP contribution in [0, 0.1) is 0 Å². The summed E-state index contributed by atoms with van der Waals surface area (Å²) in [6, 6.07) is 17.8. The quantitative estimate of drug-likeness (QED) is 0.340. The summed E-state index contributed by atoms with van der Waals surface area (Å²) in [6.07, 6.45) is -3.30. The molecule has 2 atom stereocenters. The van der Waals surface area contributed by atoms with Crippen molar-refractivity contribution in [3.63, 3.8) is 0 Å². The molecule has 150 valence electrons. The van der Waals surface area contributed by atoms with Crippen LogP contribution in [0.15, 0.2) is 60.7 Å². The van der Waals surface area contributed by atoms with Gasteiger partial charge >= 0.3 is 20.2 Å². The molecule has 10 heteroatoms. The van der Waals surface area contributed by atoms with Crippen LogP contribution in [-0.4, -0.2) is 24.4 Å². The number of benzene rings is 2. The van der Waals surface area contributed by atoms with E-state index < -0.39 is 32.6 Å². The van der Waals surface area contributed by atoms with E-state index in [1.54, 1.807) is 48.5 Å². The third-order valence-corrected chi connectivity index (χ3v) is 4.25. The molecule has 0 amide bonds. The van der Waals surface area contributed by atoms with Gasteiger partial charge in [0.15, 0.2) is 0 Å². The summed E-state index contributed by atoms with van der Waals surface area (Å²) >= 11 is 0. The summed E-state index contributed by atoms with van der Waals surface area (Å²) in [5.74, 6) is -1.88. The average Bonchev–Trinajstić information content (AvgIpc) is 2.71. The Bertz CT molecular complexity index is 724. The summed E-state index contributed by atoms with van der Waals surface area (Å²) in [5.41, 5.74) is 12.4.